The second-order valence-corrected chi connectivity index (χ2v) is 5.45. The Hall–Kier alpha value is -1.47. The lowest BCUT2D eigenvalue weighted by molar-refractivity contribution is 1.11. The standard InChI is InChI=1S/C11H7Br2N5/c12-6-3-7(10(14)8(13)4-6)11-17-16-9-5-15-1-2-18(9)11/h1-5H,14H2. The largest absolute Gasteiger partial charge is 0.397 e. The molecule has 7 heteroatoms. The monoisotopic (exact) mass is 367 g/mol. The van der Waals surface area contributed by atoms with Crippen molar-refractivity contribution in [1.29, 1.82) is 0 Å². The zero-order valence-electron chi connectivity index (χ0n) is 9.01. The number of nitrogens with two attached hydrogens (primary N) is 1. The molecule has 3 rings (SSSR count). The van der Waals surface area contributed by atoms with Crippen LogP contribution in [0.25, 0.3) is 17.0 Å². The fraction of sp³-hybridized carbons (Fsp3) is 0. The Morgan fingerprint density at radius 1 is 1.17 bits per heavy atom. The Kier molecular flexibility index (Phi) is 2.79. The number of anilines is 1. The van der Waals surface area contributed by atoms with Gasteiger partial charge in [-0.25, -0.2) is 0 Å². The van der Waals surface area contributed by atoms with E-state index in [0.29, 0.717) is 17.2 Å². The number of benzene rings is 1. The van der Waals surface area contributed by atoms with Crippen LogP contribution in [0.15, 0.2) is 39.7 Å². The van der Waals surface area contributed by atoms with Gasteiger partial charge >= 0.3 is 0 Å². The molecule has 0 amide bonds. The summed E-state index contributed by atoms with van der Waals surface area (Å²) in [5.74, 6) is 0.687. The Morgan fingerprint density at radius 3 is 2.83 bits per heavy atom. The summed E-state index contributed by atoms with van der Waals surface area (Å²) in [5.41, 5.74) is 8.20. The van der Waals surface area contributed by atoms with Gasteiger partial charge in [-0.3, -0.25) is 9.38 Å². The fourth-order valence-corrected chi connectivity index (χ4v) is 2.93. The van der Waals surface area contributed by atoms with Crippen LogP contribution in [0.3, 0.4) is 0 Å². The first kappa shape index (κ1) is 11.6. The third-order valence-corrected chi connectivity index (χ3v) is 3.66. The van der Waals surface area contributed by atoms with Crippen molar-refractivity contribution in [3.63, 3.8) is 0 Å². The van der Waals surface area contributed by atoms with Gasteiger partial charge in [0.05, 0.1) is 11.9 Å². The number of nitrogens with zero attached hydrogens (tertiary/aromatic N) is 4. The molecule has 2 heterocycles. The Balaban J connectivity index is 2.33. The molecule has 0 saturated carbocycles. The quantitative estimate of drug-likeness (QED) is 0.670. The van der Waals surface area contributed by atoms with E-state index in [-0.39, 0.29) is 0 Å². The number of aromatic nitrogens is 4. The maximum Gasteiger partial charge on any atom is 0.179 e. The van der Waals surface area contributed by atoms with Crippen molar-refractivity contribution in [2.75, 3.05) is 5.73 Å². The predicted molar refractivity (Wildman–Crippen MR) is 76.0 cm³/mol. The highest BCUT2D eigenvalue weighted by atomic mass is 79.9. The SMILES string of the molecule is Nc1c(Br)cc(Br)cc1-c1nnc2cnccn12. The Morgan fingerprint density at radius 2 is 2.00 bits per heavy atom. The first-order chi connectivity index (χ1) is 8.66. The highest BCUT2D eigenvalue weighted by Gasteiger charge is 2.13. The highest BCUT2D eigenvalue weighted by Crippen LogP contribution is 2.34. The maximum atomic E-state index is 6.07. The molecule has 0 aliphatic heterocycles. The zero-order valence-corrected chi connectivity index (χ0v) is 12.2. The molecule has 0 saturated heterocycles. The molecule has 2 N–H and O–H groups in total. The van der Waals surface area contributed by atoms with Gasteiger partial charge < -0.3 is 5.73 Å². The molecule has 1 aromatic carbocycles. The summed E-state index contributed by atoms with van der Waals surface area (Å²) in [4.78, 5) is 4.00. The number of halogens is 2. The summed E-state index contributed by atoms with van der Waals surface area (Å²) in [5, 5.41) is 8.22. The van der Waals surface area contributed by atoms with Crippen molar-refractivity contribution in [3.05, 3.63) is 39.7 Å². The number of hydrogen-bond acceptors (Lipinski definition) is 4. The van der Waals surface area contributed by atoms with Gasteiger partial charge in [-0.1, -0.05) is 15.9 Å². The lowest BCUT2D eigenvalue weighted by Crippen LogP contribution is -1.96. The lowest BCUT2D eigenvalue weighted by atomic mass is 10.1. The lowest BCUT2D eigenvalue weighted by Gasteiger charge is -2.07. The fourth-order valence-electron chi connectivity index (χ4n) is 1.71. The zero-order chi connectivity index (χ0) is 12.7. The maximum absolute atomic E-state index is 6.07. The van der Waals surface area contributed by atoms with Crippen LogP contribution in [0.2, 0.25) is 0 Å². The average molecular weight is 369 g/mol. The van der Waals surface area contributed by atoms with Gasteiger partial charge in [0.15, 0.2) is 11.5 Å². The number of hydrogen-bond donors (Lipinski definition) is 1. The van der Waals surface area contributed by atoms with E-state index in [9.17, 15) is 0 Å². The average Bonchev–Trinajstić information content (AvgIpc) is 2.77. The molecule has 2 aromatic heterocycles. The molecule has 0 unspecified atom stereocenters. The van der Waals surface area contributed by atoms with E-state index >= 15 is 0 Å². The topological polar surface area (TPSA) is 69.1 Å². The molecule has 0 radical (unpaired) electrons. The van der Waals surface area contributed by atoms with Crippen molar-refractivity contribution in [3.8, 4) is 11.4 Å². The van der Waals surface area contributed by atoms with Crippen LogP contribution in [-0.2, 0) is 0 Å². The summed E-state index contributed by atoms with van der Waals surface area (Å²) in [6, 6.07) is 3.81. The molecule has 0 bridgehead atoms. The molecule has 0 fully saturated rings. The van der Waals surface area contributed by atoms with E-state index in [1.165, 1.54) is 0 Å². The number of fused-ring (bicyclic) bond motifs is 1. The van der Waals surface area contributed by atoms with Crippen LogP contribution in [0.4, 0.5) is 5.69 Å². The van der Waals surface area contributed by atoms with Gasteiger partial charge in [0, 0.05) is 26.9 Å². The minimum Gasteiger partial charge on any atom is -0.397 e. The predicted octanol–water partition coefficient (Wildman–Crippen LogP) is 2.90. The van der Waals surface area contributed by atoms with E-state index in [0.717, 1.165) is 14.5 Å². The van der Waals surface area contributed by atoms with Gasteiger partial charge in [0.1, 0.15) is 0 Å². The van der Waals surface area contributed by atoms with E-state index in [1.54, 1.807) is 18.6 Å². The minimum atomic E-state index is 0.629. The summed E-state index contributed by atoms with van der Waals surface area (Å²) >= 11 is 6.86. The molecule has 5 nitrogen and oxygen atoms in total. The van der Waals surface area contributed by atoms with Crippen LogP contribution in [-0.4, -0.2) is 19.6 Å². The Labute approximate surface area is 119 Å². The van der Waals surface area contributed by atoms with Crippen molar-refractivity contribution in [2.45, 2.75) is 0 Å². The molecule has 0 aliphatic rings. The van der Waals surface area contributed by atoms with Gasteiger partial charge in [-0.05, 0) is 28.1 Å². The van der Waals surface area contributed by atoms with Crippen LogP contribution in [0.1, 0.15) is 0 Å². The van der Waals surface area contributed by atoms with Crippen LogP contribution in [0.5, 0.6) is 0 Å². The molecule has 0 aliphatic carbocycles. The molecule has 0 spiro atoms. The van der Waals surface area contributed by atoms with Crippen LogP contribution >= 0.6 is 31.9 Å². The van der Waals surface area contributed by atoms with Crippen molar-refractivity contribution in [2.24, 2.45) is 0 Å². The first-order valence-corrected chi connectivity index (χ1v) is 6.65. The number of rotatable bonds is 1. The van der Waals surface area contributed by atoms with E-state index < -0.39 is 0 Å². The molecule has 18 heavy (non-hydrogen) atoms. The number of nitrogen functional groups attached to an aromatic ring is 1. The highest BCUT2D eigenvalue weighted by molar-refractivity contribution is 9.11. The normalized spacial score (nSPS) is 11.0. The second kappa shape index (κ2) is 4.33. The molecule has 90 valence electrons. The molecule has 0 atom stereocenters. The van der Waals surface area contributed by atoms with E-state index in [4.69, 9.17) is 5.73 Å². The Bertz CT molecular complexity index is 737. The van der Waals surface area contributed by atoms with Crippen LogP contribution in [0, 0.1) is 0 Å². The first-order valence-electron chi connectivity index (χ1n) is 5.06. The third kappa shape index (κ3) is 1.79. The van der Waals surface area contributed by atoms with Crippen molar-refractivity contribution >= 4 is 43.2 Å². The second-order valence-electron chi connectivity index (χ2n) is 3.68. The van der Waals surface area contributed by atoms with E-state index in [1.807, 2.05) is 16.5 Å². The van der Waals surface area contributed by atoms with Crippen LogP contribution < -0.4 is 5.73 Å². The minimum absolute atomic E-state index is 0.629. The van der Waals surface area contributed by atoms with Crippen molar-refractivity contribution < 1.29 is 0 Å². The molecular weight excluding hydrogens is 362 g/mol. The third-order valence-electron chi connectivity index (χ3n) is 2.55. The van der Waals surface area contributed by atoms with Gasteiger partial charge in [0.25, 0.3) is 0 Å². The summed E-state index contributed by atoms with van der Waals surface area (Å²) in [6.07, 6.45) is 5.14. The summed E-state index contributed by atoms with van der Waals surface area (Å²) < 4.78 is 3.58. The molecule has 3 aromatic rings. The molecular formula is C11H7Br2N5. The summed E-state index contributed by atoms with van der Waals surface area (Å²) in [7, 11) is 0. The smallest absolute Gasteiger partial charge is 0.179 e. The summed E-state index contributed by atoms with van der Waals surface area (Å²) in [6.45, 7) is 0. The van der Waals surface area contributed by atoms with Gasteiger partial charge in [-0.15, -0.1) is 10.2 Å². The van der Waals surface area contributed by atoms with Gasteiger partial charge in [0.2, 0.25) is 0 Å². The van der Waals surface area contributed by atoms with Gasteiger partial charge in [-0.2, -0.15) is 0 Å². The van der Waals surface area contributed by atoms with Crippen molar-refractivity contribution in [1.82, 2.24) is 19.6 Å². The van der Waals surface area contributed by atoms with E-state index in [2.05, 4.69) is 47.0 Å².